The van der Waals surface area contributed by atoms with E-state index in [1.54, 1.807) is 0 Å². The van der Waals surface area contributed by atoms with Gasteiger partial charge in [0.2, 0.25) is 0 Å². The van der Waals surface area contributed by atoms with E-state index in [-0.39, 0.29) is 0 Å². The molecule has 2 heteroatoms. The first kappa shape index (κ1) is 12.6. The summed E-state index contributed by atoms with van der Waals surface area (Å²) in [4.78, 5) is 2.57. The van der Waals surface area contributed by atoms with E-state index in [1.165, 1.54) is 30.5 Å². The van der Waals surface area contributed by atoms with Crippen LogP contribution in [0.15, 0.2) is 24.3 Å². The third-order valence-electron chi connectivity index (χ3n) is 3.86. The van der Waals surface area contributed by atoms with E-state index >= 15 is 0 Å². The molecule has 94 valence electrons. The van der Waals surface area contributed by atoms with Crippen molar-refractivity contribution in [2.24, 2.45) is 11.7 Å². The van der Waals surface area contributed by atoms with Crippen LogP contribution in [-0.4, -0.2) is 24.0 Å². The Kier molecular flexibility index (Phi) is 4.19. The van der Waals surface area contributed by atoms with Crippen LogP contribution >= 0.6 is 0 Å². The average molecular weight is 232 g/mol. The number of fused-ring (bicyclic) bond motifs is 1. The Labute approximate surface area is 105 Å². The average Bonchev–Trinajstić information content (AvgIpc) is 2.51. The van der Waals surface area contributed by atoms with Gasteiger partial charge >= 0.3 is 0 Å². The minimum Gasteiger partial charge on any atom is -0.329 e. The molecule has 1 heterocycles. The highest BCUT2D eigenvalue weighted by Gasteiger charge is 2.22. The van der Waals surface area contributed by atoms with Gasteiger partial charge < -0.3 is 5.73 Å². The van der Waals surface area contributed by atoms with Crippen molar-refractivity contribution in [2.45, 2.75) is 39.3 Å². The van der Waals surface area contributed by atoms with Crippen LogP contribution in [0.25, 0.3) is 0 Å². The Morgan fingerprint density at radius 2 is 1.94 bits per heavy atom. The Balaban J connectivity index is 2.17. The molecule has 0 spiro atoms. The van der Waals surface area contributed by atoms with Gasteiger partial charge in [-0.25, -0.2) is 0 Å². The summed E-state index contributed by atoms with van der Waals surface area (Å²) in [6.45, 7) is 7.55. The number of aryl methyl sites for hydroxylation is 1. The van der Waals surface area contributed by atoms with Gasteiger partial charge in [0.25, 0.3) is 0 Å². The van der Waals surface area contributed by atoms with Gasteiger partial charge in [-0.2, -0.15) is 0 Å². The minimum atomic E-state index is 0.515. The van der Waals surface area contributed by atoms with Gasteiger partial charge in [0.15, 0.2) is 0 Å². The normalized spacial score (nSPS) is 18.8. The van der Waals surface area contributed by atoms with Gasteiger partial charge in [-0.3, -0.25) is 4.90 Å². The molecule has 1 aromatic carbocycles. The molecule has 1 aliphatic heterocycles. The number of hydrogen-bond donors (Lipinski definition) is 1. The molecule has 0 amide bonds. The molecule has 2 rings (SSSR count). The lowest BCUT2D eigenvalue weighted by Crippen LogP contribution is -2.43. The van der Waals surface area contributed by atoms with E-state index in [0.29, 0.717) is 12.0 Å². The lowest BCUT2D eigenvalue weighted by Gasteiger charge is -2.32. The van der Waals surface area contributed by atoms with Gasteiger partial charge in [-0.1, -0.05) is 38.1 Å². The lowest BCUT2D eigenvalue weighted by atomic mass is 10.0. The van der Waals surface area contributed by atoms with Crippen LogP contribution in [0, 0.1) is 5.92 Å². The second-order valence-corrected chi connectivity index (χ2v) is 5.39. The van der Waals surface area contributed by atoms with E-state index in [1.807, 2.05) is 0 Å². The fourth-order valence-corrected chi connectivity index (χ4v) is 2.85. The summed E-state index contributed by atoms with van der Waals surface area (Å²) in [6, 6.07) is 9.35. The zero-order chi connectivity index (χ0) is 12.3. The van der Waals surface area contributed by atoms with Crippen LogP contribution in [0.5, 0.6) is 0 Å². The number of hydrogen-bond acceptors (Lipinski definition) is 2. The predicted octanol–water partition coefficient (Wildman–Crippen LogP) is 2.42. The number of benzene rings is 1. The Bertz CT molecular complexity index is 360. The standard InChI is InChI=1S/C15H24N2/c1-12(2)15(10-16)17-9-5-8-13-6-3-4-7-14(13)11-17/h3-4,6-7,12,15H,5,8-11,16H2,1-2H3. The van der Waals surface area contributed by atoms with E-state index in [2.05, 4.69) is 43.0 Å². The summed E-state index contributed by atoms with van der Waals surface area (Å²) < 4.78 is 0. The lowest BCUT2D eigenvalue weighted by molar-refractivity contribution is 0.154. The maximum atomic E-state index is 5.93. The molecule has 2 N–H and O–H groups in total. The number of nitrogens with zero attached hydrogens (tertiary/aromatic N) is 1. The fourth-order valence-electron chi connectivity index (χ4n) is 2.85. The van der Waals surface area contributed by atoms with Crippen LogP contribution in [0.1, 0.15) is 31.4 Å². The molecule has 0 saturated carbocycles. The molecule has 0 radical (unpaired) electrons. The minimum absolute atomic E-state index is 0.515. The van der Waals surface area contributed by atoms with Crippen molar-refractivity contribution in [1.82, 2.24) is 4.90 Å². The maximum absolute atomic E-state index is 5.93. The molecule has 2 nitrogen and oxygen atoms in total. The van der Waals surface area contributed by atoms with E-state index in [9.17, 15) is 0 Å². The molecule has 1 atom stereocenters. The van der Waals surface area contributed by atoms with Crippen molar-refractivity contribution in [2.75, 3.05) is 13.1 Å². The fraction of sp³-hybridized carbons (Fsp3) is 0.600. The van der Waals surface area contributed by atoms with Crippen molar-refractivity contribution < 1.29 is 0 Å². The summed E-state index contributed by atoms with van der Waals surface area (Å²) >= 11 is 0. The van der Waals surface area contributed by atoms with Crippen molar-refractivity contribution in [3.8, 4) is 0 Å². The predicted molar refractivity (Wildman–Crippen MR) is 72.9 cm³/mol. The SMILES string of the molecule is CC(C)C(CN)N1CCCc2ccccc2C1. The molecule has 1 unspecified atom stereocenters. The molecule has 1 aromatic rings. The zero-order valence-electron chi connectivity index (χ0n) is 11.0. The third kappa shape index (κ3) is 2.88. The molecule has 17 heavy (non-hydrogen) atoms. The van der Waals surface area contributed by atoms with Crippen molar-refractivity contribution in [1.29, 1.82) is 0 Å². The van der Waals surface area contributed by atoms with Gasteiger partial charge in [0.05, 0.1) is 0 Å². The number of rotatable bonds is 3. The highest BCUT2D eigenvalue weighted by Crippen LogP contribution is 2.22. The van der Waals surface area contributed by atoms with Crippen LogP contribution in [0.2, 0.25) is 0 Å². The van der Waals surface area contributed by atoms with Gasteiger partial charge in [-0.15, -0.1) is 0 Å². The monoisotopic (exact) mass is 232 g/mol. The largest absolute Gasteiger partial charge is 0.329 e. The number of nitrogens with two attached hydrogens (primary N) is 1. The first-order valence-electron chi connectivity index (χ1n) is 6.73. The zero-order valence-corrected chi connectivity index (χ0v) is 11.0. The molecule has 0 aliphatic carbocycles. The maximum Gasteiger partial charge on any atom is 0.0244 e. The van der Waals surface area contributed by atoms with Crippen molar-refractivity contribution in [3.05, 3.63) is 35.4 Å². The Morgan fingerprint density at radius 3 is 2.59 bits per heavy atom. The molecule has 0 aromatic heterocycles. The van der Waals surface area contributed by atoms with Crippen molar-refractivity contribution in [3.63, 3.8) is 0 Å². The van der Waals surface area contributed by atoms with E-state index in [0.717, 1.165) is 13.1 Å². The summed E-state index contributed by atoms with van der Waals surface area (Å²) in [5.41, 5.74) is 8.95. The van der Waals surface area contributed by atoms with Gasteiger partial charge in [-0.05, 0) is 36.4 Å². The first-order valence-corrected chi connectivity index (χ1v) is 6.73. The van der Waals surface area contributed by atoms with Crippen LogP contribution < -0.4 is 5.73 Å². The summed E-state index contributed by atoms with van der Waals surface area (Å²) in [5, 5.41) is 0. The Hall–Kier alpha value is -0.860. The van der Waals surface area contributed by atoms with E-state index < -0.39 is 0 Å². The molecule has 0 bridgehead atoms. The molecule has 0 saturated heterocycles. The van der Waals surface area contributed by atoms with Gasteiger partial charge in [0.1, 0.15) is 0 Å². The van der Waals surface area contributed by atoms with Crippen LogP contribution in [-0.2, 0) is 13.0 Å². The smallest absolute Gasteiger partial charge is 0.0244 e. The summed E-state index contributed by atoms with van der Waals surface area (Å²) in [5.74, 6) is 0.630. The molecule has 1 aliphatic rings. The first-order chi connectivity index (χ1) is 8.22. The summed E-state index contributed by atoms with van der Waals surface area (Å²) in [6.07, 6.45) is 2.46. The Morgan fingerprint density at radius 1 is 1.24 bits per heavy atom. The van der Waals surface area contributed by atoms with Crippen LogP contribution in [0.4, 0.5) is 0 Å². The third-order valence-corrected chi connectivity index (χ3v) is 3.86. The topological polar surface area (TPSA) is 29.3 Å². The van der Waals surface area contributed by atoms with Crippen LogP contribution in [0.3, 0.4) is 0 Å². The molecular formula is C15H24N2. The second-order valence-electron chi connectivity index (χ2n) is 5.39. The highest BCUT2D eigenvalue weighted by molar-refractivity contribution is 5.28. The quantitative estimate of drug-likeness (QED) is 0.867. The molecule has 0 fully saturated rings. The second kappa shape index (κ2) is 5.65. The van der Waals surface area contributed by atoms with Gasteiger partial charge in [0, 0.05) is 19.1 Å². The highest BCUT2D eigenvalue weighted by atomic mass is 15.2. The van der Waals surface area contributed by atoms with E-state index in [4.69, 9.17) is 5.73 Å². The summed E-state index contributed by atoms with van der Waals surface area (Å²) in [7, 11) is 0. The van der Waals surface area contributed by atoms with Crippen molar-refractivity contribution >= 4 is 0 Å². The molecular weight excluding hydrogens is 208 g/mol.